The molecule has 1 fully saturated rings. The summed E-state index contributed by atoms with van der Waals surface area (Å²) in [5.74, 6) is -1.94. The molecule has 0 aromatic carbocycles. The second-order valence-electron chi connectivity index (χ2n) is 6.59. The molecule has 0 amide bonds. The van der Waals surface area contributed by atoms with Gasteiger partial charge in [0.15, 0.2) is 5.79 Å². The van der Waals surface area contributed by atoms with Gasteiger partial charge in [0.1, 0.15) is 12.8 Å². The van der Waals surface area contributed by atoms with E-state index in [9.17, 15) is 14.4 Å². The molecule has 1 aliphatic heterocycles. The van der Waals surface area contributed by atoms with Gasteiger partial charge in [-0.15, -0.1) is 0 Å². The van der Waals surface area contributed by atoms with Crippen LogP contribution in [0.25, 0.3) is 0 Å². The molecule has 0 spiro atoms. The van der Waals surface area contributed by atoms with E-state index in [4.69, 9.17) is 19.7 Å². The largest absolute Gasteiger partial charge is 0.463 e. The van der Waals surface area contributed by atoms with Gasteiger partial charge in [-0.05, 0) is 26.7 Å². The Labute approximate surface area is 145 Å². The molecule has 2 unspecified atom stereocenters. The lowest BCUT2D eigenvalue weighted by Gasteiger charge is -2.16. The number of nitrogens with zero attached hydrogens (tertiary/aromatic N) is 1. The number of hydrogen-bond donors (Lipinski definition) is 3. The molecule has 9 heteroatoms. The van der Waals surface area contributed by atoms with E-state index in [1.54, 1.807) is 13.8 Å². The predicted octanol–water partition coefficient (Wildman–Crippen LogP) is 0.120. The molecule has 2 heterocycles. The van der Waals surface area contributed by atoms with Crippen LogP contribution >= 0.6 is 0 Å². The molecule has 0 radical (unpaired) electrons. The quantitative estimate of drug-likeness (QED) is 0.515. The number of aliphatic hydroxyl groups is 2. The molecule has 1 aromatic rings. The minimum absolute atomic E-state index is 0.172. The Morgan fingerprint density at radius 3 is 2.52 bits per heavy atom. The van der Waals surface area contributed by atoms with E-state index < -0.39 is 23.3 Å². The first-order valence-corrected chi connectivity index (χ1v) is 8.05. The molecular weight excluding hydrogens is 332 g/mol. The summed E-state index contributed by atoms with van der Waals surface area (Å²) in [6.07, 6.45) is 2.09. The summed E-state index contributed by atoms with van der Waals surface area (Å²) >= 11 is 0. The van der Waals surface area contributed by atoms with Crippen molar-refractivity contribution < 1.29 is 24.5 Å². The summed E-state index contributed by atoms with van der Waals surface area (Å²) in [4.78, 5) is 36.2. The lowest BCUT2D eigenvalue weighted by Crippen LogP contribution is -2.32. The van der Waals surface area contributed by atoms with Gasteiger partial charge < -0.3 is 19.7 Å². The maximum absolute atomic E-state index is 11.6. The third kappa shape index (κ3) is 8.10. The van der Waals surface area contributed by atoms with Crippen LogP contribution in [0.15, 0.2) is 21.9 Å². The molecular formula is C16H26N2O7. The van der Waals surface area contributed by atoms with Gasteiger partial charge in [0, 0.05) is 12.3 Å². The monoisotopic (exact) mass is 358 g/mol. The van der Waals surface area contributed by atoms with Gasteiger partial charge >= 0.3 is 11.7 Å². The minimum atomic E-state index is -1.50. The summed E-state index contributed by atoms with van der Waals surface area (Å²) in [7, 11) is 0. The maximum atomic E-state index is 11.6. The van der Waals surface area contributed by atoms with E-state index in [1.807, 2.05) is 0 Å². The Morgan fingerprint density at radius 1 is 1.40 bits per heavy atom. The Hall–Kier alpha value is -1.97. The van der Waals surface area contributed by atoms with Crippen LogP contribution in [0.4, 0.5) is 0 Å². The van der Waals surface area contributed by atoms with Gasteiger partial charge in [0.05, 0.1) is 12.0 Å². The number of esters is 1. The molecule has 1 aromatic heterocycles. The lowest BCUT2D eigenvalue weighted by molar-refractivity contribution is -0.152. The Kier molecular flexibility index (Phi) is 7.53. The van der Waals surface area contributed by atoms with Crippen molar-refractivity contribution in [2.75, 3.05) is 6.61 Å². The lowest BCUT2D eigenvalue weighted by atomic mass is 10.2. The molecule has 142 valence electrons. The third-order valence-electron chi connectivity index (χ3n) is 3.13. The summed E-state index contributed by atoms with van der Waals surface area (Å²) < 4.78 is 12.1. The van der Waals surface area contributed by atoms with Crippen LogP contribution in [-0.2, 0) is 14.3 Å². The van der Waals surface area contributed by atoms with E-state index in [2.05, 4.69) is 4.98 Å². The average Bonchev–Trinajstić information content (AvgIpc) is 2.91. The van der Waals surface area contributed by atoms with Crippen molar-refractivity contribution in [2.45, 2.75) is 58.7 Å². The molecule has 0 aliphatic carbocycles. The van der Waals surface area contributed by atoms with Crippen molar-refractivity contribution in [1.82, 2.24) is 9.55 Å². The van der Waals surface area contributed by atoms with Crippen LogP contribution in [0, 0.1) is 5.92 Å². The van der Waals surface area contributed by atoms with Crippen LogP contribution in [0.5, 0.6) is 0 Å². The summed E-state index contributed by atoms with van der Waals surface area (Å²) in [6, 6.07) is 1.27. The second-order valence-corrected chi connectivity index (χ2v) is 6.59. The number of carbonyl (C=O) groups excluding carboxylic acids is 1. The van der Waals surface area contributed by atoms with Gasteiger partial charge in [0.2, 0.25) is 0 Å². The number of hydrogen-bond acceptors (Lipinski definition) is 7. The number of ether oxygens (including phenoxy) is 2. The number of carbonyl (C=O) groups is 1. The molecule has 9 nitrogen and oxygen atoms in total. The first-order valence-electron chi connectivity index (χ1n) is 8.05. The van der Waals surface area contributed by atoms with Crippen molar-refractivity contribution in [3.05, 3.63) is 33.1 Å². The van der Waals surface area contributed by atoms with E-state index in [-0.39, 0.29) is 24.6 Å². The molecule has 25 heavy (non-hydrogen) atoms. The Balaban J connectivity index is 0.000000550. The number of aromatic nitrogens is 2. The molecule has 2 atom stereocenters. The van der Waals surface area contributed by atoms with Crippen LogP contribution in [0.3, 0.4) is 0 Å². The number of H-pyrrole nitrogens is 1. The Bertz CT molecular complexity index is 666. The zero-order chi connectivity index (χ0) is 19.2. The van der Waals surface area contributed by atoms with Gasteiger partial charge in [-0.2, -0.15) is 0 Å². The fraction of sp³-hybridized carbons (Fsp3) is 0.688. The highest BCUT2D eigenvalue weighted by Gasteiger charge is 2.28. The van der Waals surface area contributed by atoms with Gasteiger partial charge in [-0.3, -0.25) is 19.1 Å². The topological polar surface area (TPSA) is 131 Å². The molecule has 1 saturated heterocycles. The molecule has 0 saturated carbocycles. The maximum Gasteiger partial charge on any atom is 0.330 e. The zero-order valence-corrected chi connectivity index (χ0v) is 14.9. The van der Waals surface area contributed by atoms with Gasteiger partial charge in [-0.1, -0.05) is 13.8 Å². The van der Waals surface area contributed by atoms with E-state index in [0.717, 1.165) is 0 Å². The average molecular weight is 358 g/mol. The molecule has 0 bridgehead atoms. The normalized spacial score (nSPS) is 20.1. The zero-order valence-electron chi connectivity index (χ0n) is 14.9. The highest BCUT2D eigenvalue weighted by Crippen LogP contribution is 2.27. The van der Waals surface area contributed by atoms with Crippen LogP contribution in [-0.4, -0.2) is 44.2 Å². The standard InChI is InChI=1S/C13H18N2O5.C3H8O2/c1-8(2)12(17)19-7-9-3-4-11(20-9)15-6-5-10(16)14-13(15)18;1-3(2,4)5/h5-6,8-9,11H,3-4,7H2,1-2H3,(H,14,16,18);4-5H,1-2H3. The fourth-order valence-corrected chi connectivity index (χ4v) is 2.01. The van der Waals surface area contributed by atoms with E-state index >= 15 is 0 Å². The van der Waals surface area contributed by atoms with E-state index in [1.165, 1.54) is 30.7 Å². The smallest absolute Gasteiger partial charge is 0.330 e. The van der Waals surface area contributed by atoms with Crippen molar-refractivity contribution in [3.63, 3.8) is 0 Å². The summed E-state index contributed by atoms with van der Waals surface area (Å²) in [6.45, 7) is 6.31. The summed E-state index contributed by atoms with van der Waals surface area (Å²) in [5.41, 5.74) is -0.936. The van der Waals surface area contributed by atoms with Crippen LogP contribution < -0.4 is 11.2 Å². The van der Waals surface area contributed by atoms with Crippen molar-refractivity contribution in [1.29, 1.82) is 0 Å². The van der Waals surface area contributed by atoms with Crippen LogP contribution in [0.2, 0.25) is 0 Å². The van der Waals surface area contributed by atoms with Gasteiger partial charge in [0.25, 0.3) is 5.56 Å². The van der Waals surface area contributed by atoms with Crippen molar-refractivity contribution in [2.24, 2.45) is 5.92 Å². The number of nitrogens with one attached hydrogen (secondary N) is 1. The fourth-order valence-electron chi connectivity index (χ4n) is 2.01. The first kappa shape index (κ1) is 21.1. The third-order valence-corrected chi connectivity index (χ3v) is 3.13. The molecule has 1 aliphatic rings. The first-order chi connectivity index (χ1) is 11.5. The van der Waals surface area contributed by atoms with Crippen molar-refractivity contribution in [3.8, 4) is 0 Å². The van der Waals surface area contributed by atoms with Gasteiger partial charge in [-0.25, -0.2) is 4.79 Å². The number of aromatic amines is 1. The highest BCUT2D eigenvalue weighted by atomic mass is 16.6. The second kappa shape index (κ2) is 8.93. The SMILES string of the molecule is CC(C)(O)O.CC(C)C(=O)OCC1CCC(n2ccc(=O)[nH]c2=O)O1. The molecule has 2 rings (SSSR count). The number of rotatable bonds is 4. The minimum Gasteiger partial charge on any atom is -0.463 e. The van der Waals surface area contributed by atoms with E-state index in [0.29, 0.717) is 12.8 Å². The highest BCUT2D eigenvalue weighted by molar-refractivity contribution is 5.71. The predicted molar refractivity (Wildman–Crippen MR) is 88.8 cm³/mol. The molecule has 3 N–H and O–H groups in total. The Morgan fingerprint density at radius 2 is 2.00 bits per heavy atom. The van der Waals surface area contributed by atoms with Crippen LogP contribution in [0.1, 0.15) is 46.8 Å². The summed E-state index contributed by atoms with van der Waals surface area (Å²) in [5, 5.41) is 16.2. The van der Waals surface area contributed by atoms with Crippen molar-refractivity contribution >= 4 is 5.97 Å².